The van der Waals surface area contributed by atoms with Crippen LogP contribution < -0.4 is 0 Å². The molecule has 0 fully saturated rings. The lowest BCUT2D eigenvalue weighted by atomic mass is 10.0. The molecule has 18 heavy (non-hydrogen) atoms. The largest absolute Gasteiger partial charge is 0.294 e. The maximum atomic E-state index is 13.0. The van der Waals surface area contributed by atoms with Gasteiger partial charge in [-0.05, 0) is 24.6 Å². The van der Waals surface area contributed by atoms with E-state index in [0.717, 1.165) is 17.8 Å². The van der Waals surface area contributed by atoms with Crippen LogP contribution in [0, 0.1) is 18.6 Å². The molecule has 0 aliphatic carbocycles. The van der Waals surface area contributed by atoms with E-state index >= 15 is 0 Å². The monoisotopic (exact) mass is 250 g/mol. The number of hydrogen-bond donors (Lipinski definition) is 0. The zero-order valence-corrected chi connectivity index (χ0v) is 10.1. The van der Waals surface area contributed by atoms with E-state index in [1.807, 2.05) is 0 Å². The summed E-state index contributed by atoms with van der Waals surface area (Å²) in [6, 6.07) is 3.47. The Morgan fingerprint density at radius 2 is 2.06 bits per heavy atom. The van der Waals surface area contributed by atoms with Crippen LogP contribution in [-0.2, 0) is 13.5 Å². The summed E-state index contributed by atoms with van der Waals surface area (Å²) in [6.45, 7) is 1.78. The number of halogens is 2. The van der Waals surface area contributed by atoms with Crippen LogP contribution in [0.3, 0.4) is 0 Å². The Morgan fingerprint density at radius 3 is 2.61 bits per heavy atom. The van der Waals surface area contributed by atoms with E-state index in [9.17, 15) is 13.6 Å². The van der Waals surface area contributed by atoms with Gasteiger partial charge in [-0.15, -0.1) is 0 Å². The highest BCUT2D eigenvalue weighted by atomic mass is 19.2. The maximum absolute atomic E-state index is 13.0. The highest BCUT2D eigenvalue weighted by Gasteiger charge is 2.14. The van der Waals surface area contributed by atoms with Gasteiger partial charge in [0.15, 0.2) is 17.4 Å². The van der Waals surface area contributed by atoms with E-state index in [2.05, 4.69) is 5.10 Å². The Morgan fingerprint density at radius 1 is 1.33 bits per heavy atom. The van der Waals surface area contributed by atoms with Crippen LogP contribution in [0.1, 0.15) is 21.6 Å². The molecule has 0 bridgehead atoms. The van der Waals surface area contributed by atoms with Gasteiger partial charge in [-0.3, -0.25) is 9.48 Å². The fourth-order valence-electron chi connectivity index (χ4n) is 1.70. The molecule has 3 nitrogen and oxygen atoms in total. The van der Waals surface area contributed by atoms with E-state index in [1.54, 1.807) is 18.7 Å². The highest BCUT2D eigenvalue weighted by Crippen LogP contribution is 2.13. The van der Waals surface area contributed by atoms with Gasteiger partial charge < -0.3 is 0 Å². The number of benzene rings is 1. The molecule has 0 aliphatic rings. The normalized spacial score (nSPS) is 10.7. The number of ketones is 1. The zero-order valence-electron chi connectivity index (χ0n) is 10.1. The smallest absolute Gasteiger partial charge is 0.170 e. The van der Waals surface area contributed by atoms with E-state index in [1.165, 1.54) is 12.3 Å². The summed E-state index contributed by atoms with van der Waals surface area (Å²) in [5.41, 5.74) is 1.70. The molecule has 94 valence electrons. The molecular weight excluding hydrogens is 238 g/mol. The van der Waals surface area contributed by atoms with Crippen molar-refractivity contribution in [1.82, 2.24) is 9.78 Å². The summed E-state index contributed by atoms with van der Waals surface area (Å²) < 4.78 is 27.4. The number of carbonyl (C=O) groups is 1. The fraction of sp³-hybridized carbons (Fsp3) is 0.231. The van der Waals surface area contributed by atoms with E-state index in [-0.39, 0.29) is 12.2 Å². The lowest BCUT2D eigenvalue weighted by Gasteiger charge is -2.02. The number of rotatable bonds is 3. The van der Waals surface area contributed by atoms with Gasteiger partial charge in [-0.1, -0.05) is 6.07 Å². The number of hydrogen-bond acceptors (Lipinski definition) is 2. The van der Waals surface area contributed by atoms with Gasteiger partial charge in [0, 0.05) is 19.2 Å². The molecule has 0 aliphatic heterocycles. The van der Waals surface area contributed by atoms with Gasteiger partial charge >= 0.3 is 0 Å². The second-order valence-corrected chi connectivity index (χ2v) is 4.12. The van der Waals surface area contributed by atoms with Crippen molar-refractivity contribution in [2.75, 3.05) is 0 Å². The van der Waals surface area contributed by atoms with Gasteiger partial charge in [0.2, 0.25) is 0 Å². The molecule has 0 radical (unpaired) electrons. The summed E-state index contributed by atoms with van der Waals surface area (Å²) in [4.78, 5) is 12.0. The average molecular weight is 250 g/mol. The standard InChI is InChI=1S/C13H12F2N2O/c1-8-10(7-16-17(8)2)13(18)6-9-3-4-11(14)12(15)5-9/h3-5,7H,6H2,1-2H3. The van der Waals surface area contributed by atoms with Crippen LogP contribution in [0.4, 0.5) is 8.78 Å². The third-order valence-corrected chi connectivity index (χ3v) is 2.88. The molecule has 0 spiro atoms. The van der Waals surface area contributed by atoms with Gasteiger partial charge in [0.25, 0.3) is 0 Å². The van der Waals surface area contributed by atoms with Crippen LogP contribution >= 0.6 is 0 Å². The summed E-state index contributed by atoms with van der Waals surface area (Å²) in [6.07, 6.45) is 1.52. The molecule has 0 saturated heterocycles. The average Bonchev–Trinajstić information content (AvgIpc) is 2.65. The first-order valence-corrected chi connectivity index (χ1v) is 5.44. The third-order valence-electron chi connectivity index (χ3n) is 2.88. The molecule has 1 heterocycles. The fourth-order valence-corrected chi connectivity index (χ4v) is 1.70. The van der Waals surface area contributed by atoms with Gasteiger partial charge in [-0.25, -0.2) is 8.78 Å². The van der Waals surface area contributed by atoms with Crippen molar-refractivity contribution in [3.8, 4) is 0 Å². The molecule has 1 aromatic heterocycles. The third kappa shape index (κ3) is 2.30. The van der Waals surface area contributed by atoms with Gasteiger partial charge in [0.1, 0.15) is 0 Å². The second-order valence-electron chi connectivity index (χ2n) is 4.12. The topological polar surface area (TPSA) is 34.9 Å². The van der Waals surface area contributed by atoms with E-state index in [0.29, 0.717) is 11.1 Å². The van der Waals surface area contributed by atoms with Crippen LogP contribution in [0.15, 0.2) is 24.4 Å². The summed E-state index contributed by atoms with van der Waals surface area (Å²) in [7, 11) is 1.74. The van der Waals surface area contributed by atoms with E-state index < -0.39 is 11.6 Å². The van der Waals surface area contributed by atoms with Crippen LogP contribution in [0.2, 0.25) is 0 Å². The Bertz CT molecular complexity index is 605. The van der Waals surface area contributed by atoms with Crippen LogP contribution in [-0.4, -0.2) is 15.6 Å². The lowest BCUT2D eigenvalue weighted by Crippen LogP contribution is -2.06. The number of aryl methyl sites for hydroxylation is 1. The lowest BCUT2D eigenvalue weighted by molar-refractivity contribution is 0.0992. The number of aromatic nitrogens is 2. The first kappa shape index (κ1) is 12.4. The van der Waals surface area contributed by atoms with Crippen molar-refractivity contribution in [3.05, 3.63) is 52.9 Å². The first-order chi connectivity index (χ1) is 8.49. The van der Waals surface area contributed by atoms with Crippen molar-refractivity contribution < 1.29 is 13.6 Å². The molecule has 0 amide bonds. The zero-order chi connectivity index (χ0) is 13.3. The summed E-state index contributed by atoms with van der Waals surface area (Å²) in [5, 5.41) is 3.97. The predicted octanol–water partition coefficient (Wildman–Crippen LogP) is 2.43. The SMILES string of the molecule is Cc1c(C(=O)Cc2ccc(F)c(F)c2)cnn1C. The Labute approximate surface area is 103 Å². The Balaban J connectivity index is 2.21. The van der Waals surface area contributed by atoms with E-state index in [4.69, 9.17) is 0 Å². The Hall–Kier alpha value is -2.04. The molecule has 0 saturated carbocycles. The number of nitrogens with zero attached hydrogens (tertiary/aromatic N) is 2. The maximum Gasteiger partial charge on any atom is 0.170 e. The van der Waals surface area contributed by atoms with Crippen LogP contribution in [0.25, 0.3) is 0 Å². The van der Waals surface area contributed by atoms with Crippen molar-refractivity contribution in [2.45, 2.75) is 13.3 Å². The van der Waals surface area contributed by atoms with Gasteiger partial charge in [0.05, 0.1) is 11.8 Å². The van der Waals surface area contributed by atoms with Crippen molar-refractivity contribution in [1.29, 1.82) is 0 Å². The summed E-state index contributed by atoms with van der Waals surface area (Å²) in [5.74, 6) is -2.02. The van der Waals surface area contributed by atoms with Crippen molar-refractivity contribution in [2.24, 2.45) is 7.05 Å². The molecule has 2 rings (SSSR count). The first-order valence-electron chi connectivity index (χ1n) is 5.44. The molecule has 0 atom stereocenters. The highest BCUT2D eigenvalue weighted by molar-refractivity contribution is 5.98. The van der Waals surface area contributed by atoms with Crippen LogP contribution in [0.5, 0.6) is 0 Å². The number of Topliss-reactive ketones (excluding diaryl/α,β-unsaturated/α-hetero) is 1. The minimum atomic E-state index is -0.941. The quantitative estimate of drug-likeness (QED) is 0.784. The summed E-state index contributed by atoms with van der Waals surface area (Å²) >= 11 is 0. The molecule has 0 unspecified atom stereocenters. The molecular formula is C13H12F2N2O. The molecule has 2 aromatic rings. The predicted molar refractivity (Wildman–Crippen MR) is 62.3 cm³/mol. The Kier molecular flexibility index (Phi) is 3.23. The second kappa shape index (κ2) is 4.68. The van der Waals surface area contributed by atoms with Crippen molar-refractivity contribution in [3.63, 3.8) is 0 Å². The molecule has 1 aromatic carbocycles. The van der Waals surface area contributed by atoms with Crippen molar-refractivity contribution >= 4 is 5.78 Å². The molecule has 5 heteroatoms. The molecule has 0 N–H and O–H groups in total. The minimum absolute atomic E-state index is 0.0315. The van der Waals surface area contributed by atoms with Gasteiger partial charge in [-0.2, -0.15) is 5.10 Å². The minimum Gasteiger partial charge on any atom is -0.294 e. The number of carbonyl (C=O) groups excluding carboxylic acids is 1.